The van der Waals surface area contributed by atoms with Crippen LogP contribution in [0.3, 0.4) is 0 Å². The van der Waals surface area contributed by atoms with Crippen LogP contribution in [0.2, 0.25) is 0 Å². The van der Waals surface area contributed by atoms with Gasteiger partial charge in [-0.2, -0.15) is 5.10 Å². The first-order chi connectivity index (χ1) is 11.6. The van der Waals surface area contributed by atoms with E-state index >= 15 is 0 Å². The molecule has 2 heterocycles. The molecule has 0 fully saturated rings. The van der Waals surface area contributed by atoms with Crippen LogP contribution in [0.15, 0.2) is 59.5 Å². The average molecular weight is 386 g/mol. The molecular formula is C17H16BrN5O. The minimum atomic E-state index is -0.271. The molecule has 2 amide bonds. The fourth-order valence-corrected chi connectivity index (χ4v) is 2.49. The van der Waals surface area contributed by atoms with Gasteiger partial charge >= 0.3 is 6.03 Å². The molecule has 0 saturated carbocycles. The summed E-state index contributed by atoms with van der Waals surface area (Å²) in [6, 6.07) is 11.0. The maximum absolute atomic E-state index is 12.1. The molecule has 6 nitrogen and oxygen atoms in total. The molecule has 1 aromatic carbocycles. The Morgan fingerprint density at radius 2 is 2.12 bits per heavy atom. The second-order valence-electron chi connectivity index (χ2n) is 5.21. The predicted molar refractivity (Wildman–Crippen MR) is 96.1 cm³/mol. The molecule has 0 radical (unpaired) electrons. The van der Waals surface area contributed by atoms with Crippen LogP contribution < -0.4 is 10.6 Å². The van der Waals surface area contributed by atoms with E-state index in [-0.39, 0.29) is 6.03 Å². The first-order valence-corrected chi connectivity index (χ1v) is 8.18. The van der Waals surface area contributed by atoms with Crippen LogP contribution in [0.5, 0.6) is 0 Å². The van der Waals surface area contributed by atoms with Gasteiger partial charge in [-0.3, -0.25) is 0 Å². The summed E-state index contributed by atoms with van der Waals surface area (Å²) in [4.78, 5) is 16.4. The van der Waals surface area contributed by atoms with Gasteiger partial charge in [0.1, 0.15) is 0 Å². The lowest BCUT2D eigenvalue weighted by atomic mass is 10.2. The van der Waals surface area contributed by atoms with Gasteiger partial charge in [0.15, 0.2) is 5.82 Å². The summed E-state index contributed by atoms with van der Waals surface area (Å²) < 4.78 is 2.68. The molecule has 0 spiro atoms. The van der Waals surface area contributed by atoms with Crippen LogP contribution in [-0.4, -0.2) is 20.8 Å². The van der Waals surface area contributed by atoms with Gasteiger partial charge in [-0.25, -0.2) is 14.5 Å². The van der Waals surface area contributed by atoms with Crippen molar-refractivity contribution in [2.45, 2.75) is 13.5 Å². The Bertz CT molecular complexity index is 848. The van der Waals surface area contributed by atoms with Crippen LogP contribution in [0.25, 0.3) is 5.82 Å². The summed E-state index contributed by atoms with van der Waals surface area (Å²) in [6.07, 6.45) is 5.20. The molecule has 0 aliphatic carbocycles. The Morgan fingerprint density at radius 1 is 1.25 bits per heavy atom. The van der Waals surface area contributed by atoms with E-state index in [0.29, 0.717) is 12.4 Å². The zero-order valence-electron chi connectivity index (χ0n) is 13.0. The molecule has 2 aromatic heterocycles. The van der Waals surface area contributed by atoms with Crippen molar-refractivity contribution >= 4 is 27.6 Å². The number of aryl methyl sites for hydroxylation is 1. The van der Waals surface area contributed by atoms with Crippen molar-refractivity contribution in [3.63, 3.8) is 0 Å². The van der Waals surface area contributed by atoms with E-state index in [4.69, 9.17) is 0 Å². The van der Waals surface area contributed by atoms with Gasteiger partial charge in [0.25, 0.3) is 0 Å². The van der Waals surface area contributed by atoms with Crippen molar-refractivity contribution in [3.8, 4) is 5.82 Å². The number of benzene rings is 1. The molecule has 0 aliphatic rings. The van der Waals surface area contributed by atoms with E-state index in [1.54, 1.807) is 17.1 Å². The standard InChI is InChI=1S/C17H16BrN5O/c1-12-10-14(5-6-15(12)18)22-17(24)20-11-13-4-2-7-19-16(13)23-9-3-8-21-23/h2-10H,11H2,1H3,(H2,20,22,24). The Morgan fingerprint density at radius 3 is 2.88 bits per heavy atom. The van der Waals surface area contributed by atoms with Crippen LogP contribution in [0.1, 0.15) is 11.1 Å². The molecule has 0 unspecified atom stereocenters. The number of pyridine rings is 1. The fraction of sp³-hybridized carbons (Fsp3) is 0.118. The number of nitrogens with zero attached hydrogens (tertiary/aromatic N) is 3. The van der Waals surface area contributed by atoms with E-state index in [1.807, 2.05) is 49.5 Å². The van der Waals surface area contributed by atoms with Crippen LogP contribution >= 0.6 is 15.9 Å². The highest BCUT2D eigenvalue weighted by molar-refractivity contribution is 9.10. The average Bonchev–Trinajstić information content (AvgIpc) is 3.11. The van der Waals surface area contributed by atoms with E-state index in [2.05, 4.69) is 36.6 Å². The fourth-order valence-electron chi connectivity index (χ4n) is 2.24. The molecule has 2 N–H and O–H groups in total. The number of hydrogen-bond donors (Lipinski definition) is 2. The number of rotatable bonds is 4. The lowest BCUT2D eigenvalue weighted by Crippen LogP contribution is -2.28. The number of halogens is 1. The molecule has 122 valence electrons. The summed E-state index contributed by atoms with van der Waals surface area (Å²) >= 11 is 3.44. The second-order valence-corrected chi connectivity index (χ2v) is 6.06. The van der Waals surface area contributed by atoms with E-state index in [9.17, 15) is 4.79 Å². The van der Waals surface area contributed by atoms with Gasteiger partial charge in [0.05, 0.1) is 0 Å². The topological polar surface area (TPSA) is 71.8 Å². The number of urea groups is 1. The minimum absolute atomic E-state index is 0.271. The Hall–Kier alpha value is -2.67. The first kappa shape index (κ1) is 16.2. The van der Waals surface area contributed by atoms with Crippen molar-refractivity contribution < 1.29 is 4.79 Å². The third-order valence-corrected chi connectivity index (χ3v) is 4.33. The minimum Gasteiger partial charge on any atom is -0.334 e. The Kier molecular flexibility index (Phi) is 4.90. The van der Waals surface area contributed by atoms with Crippen molar-refractivity contribution in [3.05, 3.63) is 70.6 Å². The molecule has 0 atom stereocenters. The van der Waals surface area contributed by atoms with Gasteiger partial charge in [0, 0.05) is 40.9 Å². The summed E-state index contributed by atoms with van der Waals surface area (Å²) in [7, 11) is 0. The molecular weight excluding hydrogens is 370 g/mol. The number of carbonyl (C=O) groups excluding carboxylic acids is 1. The summed E-state index contributed by atoms with van der Waals surface area (Å²) in [5.41, 5.74) is 2.68. The van der Waals surface area contributed by atoms with Crippen LogP contribution in [0.4, 0.5) is 10.5 Å². The normalized spacial score (nSPS) is 10.4. The zero-order valence-corrected chi connectivity index (χ0v) is 14.6. The Balaban J connectivity index is 1.66. The molecule has 0 bridgehead atoms. The highest BCUT2D eigenvalue weighted by Gasteiger charge is 2.08. The van der Waals surface area contributed by atoms with E-state index < -0.39 is 0 Å². The Labute approximate surface area is 148 Å². The zero-order chi connectivity index (χ0) is 16.9. The molecule has 0 saturated heterocycles. The number of carbonyl (C=O) groups is 1. The van der Waals surface area contributed by atoms with Crippen LogP contribution in [-0.2, 0) is 6.54 Å². The summed E-state index contributed by atoms with van der Waals surface area (Å²) in [6.45, 7) is 2.32. The quantitative estimate of drug-likeness (QED) is 0.719. The largest absolute Gasteiger partial charge is 0.334 e. The van der Waals surface area contributed by atoms with Gasteiger partial charge in [0.2, 0.25) is 0 Å². The number of aromatic nitrogens is 3. The van der Waals surface area contributed by atoms with Crippen molar-refractivity contribution in [1.29, 1.82) is 0 Å². The third kappa shape index (κ3) is 3.80. The second kappa shape index (κ2) is 7.27. The number of amides is 2. The number of hydrogen-bond acceptors (Lipinski definition) is 3. The molecule has 3 aromatic rings. The monoisotopic (exact) mass is 385 g/mol. The van der Waals surface area contributed by atoms with Gasteiger partial charge in [-0.15, -0.1) is 0 Å². The maximum atomic E-state index is 12.1. The first-order valence-electron chi connectivity index (χ1n) is 7.38. The van der Waals surface area contributed by atoms with E-state index in [0.717, 1.165) is 21.3 Å². The maximum Gasteiger partial charge on any atom is 0.319 e. The SMILES string of the molecule is Cc1cc(NC(=O)NCc2cccnc2-n2cccn2)ccc1Br. The van der Waals surface area contributed by atoms with Gasteiger partial charge in [-0.1, -0.05) is 22.0 Å². The van der Waals surface area contributed by atoms with Crippen molar-refractivity contribution in [2.75, 3.05) is 5.32 Å². The molecule has 7 heteroatoms. The highest BCUT2D eigenvalue weighted by atomic mass is 79.9. The molecule has 24 heavy (non-hydrogen) atoms. The molecule has 3 rings (SSSR count). The van der Waals surface area contributed by atoms with Crippen molar-refractivity contribution in [1.82, 2.24) is 20.1 Å². The smallest absolute Gasteiger partial charge is 0.319 e. The lowest BCUT2D eigenvalue weighted by molar-refractivity contribution is 0.251. The van der Waals surface area contributed by atoms with E-state index in [1.165, 1.54) is 0 Å². The van der Waals surface area contributed by atoms with Crippen LogP contribution in [0, 0.1) is 6.92 Å². The summed E-state index contributed by atoms with van der Waals surface area (Å²) in [5.74, 6) is 0.697. The lowest BCUT2D eigenvalue weighted by Gasteiger charge is -2.11. The van der Waals surface area contributed by atoms with Gasteiger partial charge < -0.3 is 10.6 Å². The van der Waals surface area contributed by atoms with Gasteiger partial charge in [-0.05, 0) is 42.8 Å². The highest BCUT2D eigenvalue weighted by Crippen LogP contribution is 2.20. The van der Waals surface area contributed by atoms with Crippen molar-refractivity contribution in [2.24, 2.45) is 0 Å². The third-order valence-electron chi connectivity index (χ3n) is 3.44. The molecule has 0 aliphatic heterocycles. The summed E-state index contributed by atoms with van der Waals surface area (Å²) in [5, 5.41) is 9.84. The number of anilines is 1. The predicted octanol–water partition coefficient (Wildman–Crippen LogP) is 3.66. The number of nitrogens with one attached hydrogen (secondary N) is 2.